The lowest BCUT2D eigenvalue weighted by atomic mass is 10.2. The van der Waals surface area contributed by atoms with Crippen LogP contribution in [0.5, 0.6) is 0 Å². The van der Waals surface area contributed by atoms with E-state index in [2.05, 4.69) is 0 Å². The number of ether oxygens (including phenoxy) is 1. The van der Waals surface area contributed by atoms with E-state index in [1.165, 1.54) is 0 Å². The van der Waals surface area contributed by atoms with E-state index in [0.717, 1.165) is 16.3 Å². The molecule has 0 saturated heterocycles. The minimum Gasteiger partial charge on any atom is -0.465 e. The van der Waals surface area contributed by atoms with Gasteiger partial charge in [0, 0.05) is 6.04 Å². The van der Waals surface area contributed by atoms with Crippen molar-refractivity contribution in [1.82, 2.24) is 4.31 Å². The molecule has 0 amide bonds. The maximum atomic E-state index is 12.6. The van der Waals surface area contributed by atoms with Gasteiger partial charge in [0.25, 0.3) is 0 Å². The van der Waals surface area contributed by atoms with Gasteiger partial charge in [-0.25, -0.2) is 8.42 Å². The first-order valence-corrected chi connectivity index (χ1v) is 8.53. The minimum atomic E-state index is -3.71. The molecule has 0 aromatic heterocycles. The molecule has 1 rings (SSSR count). The summed E-state index contributed by atoms with van der Waals surface area (Å²) in [5, 5.41) is 0. The number of sulfonamides is 1. The third-order valence-corrected chi connectivity index (χ3v) is 5.14. The second-order valence-electron chi connectivity index (χ2n) is 4.95. The molecule has 0 aliphatic carbocycles. The van der Waals surface area contributed by atoms with Crippen LogP contribution in [-0.4, -0.2) is 37.9 Å². The van der Waals surface area contributed by atoms with Gasteiger partial charge in [0.15, 0.2) is 0 Å². The summed E-state index contributed by atoms with van der Waals surface area (Å²) in [7, 11) is -3.71. The topological polar surface area (TPSA) is 63.7 Å². The van der Waals surface area contributed by atoms with Crippen molar-refractivity contribution in [1.29, 1.82) is 0 Å². The molecule has 0 spiro atoms. The first-order valence-electron chi connectivity index (χ1n) is 7.09. The fourth-order valence-corrected chi connectivity index (χ4v) is 3.49. The molecule has 6 heteroatoms. The van der Waals surface area contributed by atoms with Crippen LogP contribution in [0.3, 0.4) is 0 Å². The third kappa shape index (κ3) is 4.54. The minimum absolute atomic E-state index is 0.192. The summed E-state index contributed by atoms with van der Waals surface area (Å²) in [5.74, 6) is -0.542. The van der Waals surface area contributed by atoms with Crippen LogP contribution in [0.2, 0.25) is 0 Å². The predicted molar refractivity (Wildman–Crippen MR) is 81.5 cm³/mol. The van der Waals surface area contributed by atoms with Crippen molar-refractivity contribution in [3.63, 3.8) is 0 Å². The van der Waals surface area contributed by atoms with Gasteiger partial charge in [-0.15, -0.1) is 0 Å². The fraction of sp³-hybridized carbons (Fsp3) is 0.533. The smallest absolute Gasteiger partial charge is 0.321 e. The summed E-state index contributed by atoms with van der Waals surface area (Å²) in [4.78, 5) is 11.8. The van der Waals surface area contributed by atoms with E-state index in [1.54, 1.807) is 45.0 Å². The zero-order valence-corrected chi connectivity index (χ0v) is 13.8. The monoisotopic (exact) mass is 313 g/mol. The molecule has 0 fully saturated rings. The lowest BCUT2D eigenvalue weighted by molar-refractivity contribution is -0.143. The first-order chi connectivity index (χ1) is 9.82. The molecule has 1 aromatic rings. The number of esters is 1. The summed E-state index contributed by atoms with van der Waals surface area (Å²) in [6, 6.07) is 6.40. The van der Waals surface area contributed by atoms with Crippen LogP contribution in [0.15, 0.2) is 29.2 Å². The highest BCUT2D eigenvalue weighted by Crippen LogP contribution is 2.19. The van der Waals surface area contributed by atoms with Crippen molar-refractivity contribution in [3.05, 3.63) is 29.8 Å². The Labute approximate surface area is 127 Å². The Balaban J connectivity index is 3.06. The highest BCUT2D eigenvalue weighted by Gasteiger charge is 2.29. The van der Waals surface area contributed by atoms with E-state index in [0.29, 0.717) is 0 Å². The number of rotatable bonds is 7. The summed E-state index contributed by atoms with van der Waals surface area (Å²) >= 11 is 0. The quantitative estimate of drug-likeness (QED) is 0.724. The van der Waals surface area contributed by atoms with Crippen LogP contribution < -0.4 is 0 Å². The van der Waals surface area contributed by atoms with Crippen LogP contribution in [0, 0.1) is 0 Å². The molecular formula is C15H23NO4S. The highest BCUT2D eigenvalue weighted by atomic mass is 32.2. The van der Waals surface area contributed by atoms with Crippen molar-refractivity contribution >= 4 is 16.0 Å². The van der Waals surface area contributed by atoms with Crippen LogP contribution in [0.4, 0.5) is 0 Å². The zero-order chi connectivity index (χ0) is 16.0. The normalized spacial score (nSPS) is 11.9. The molecule has 0 atom stereocenters. The van der Waals surface area contributed by atoms with E-state index in [9.17, 15) is 13.2 Å². The van der Waals surface area contributed by atoms with Gasteiger partial charge < -0.3 is 4.74 Å². The Morgan fingerprint density at radius 3 is 2.19 bits per heavy atom. The molecule has 0 N–H and O–H groups in total. The number of nitrogens with zero attached hydrogens (tertiary/aromatic N) is 1. The average molecular weight is 313 g/mol. The maximum absolute atomic E-state index is 12.6. The van der Waals surface area contributed by atoms with Crippen molar-refractivity contribution in [2.75, 3.05) is 13.2 Å². The van der Waals surface area contributed by atoms with E-state index in [4.69, 9.17) is 4.74 Å². The number of carbonyl (C=O) groups is 1. The number of carbonyl (C=O) groups excluding carboxylic acids is 1. The fourth-order valence-electron chi connectivity index (χ4n) is 1.91. The van der Waals surface area contributed by atoms with Gasteiger partial charge in [-0.1, -0.05) is 19.1 Å². The Kier molecular flexibility index (Phi) is 6.36. The van der Waals surface area contributed by atoms with E-state index in [1.807, 2.05) is 6.92 Å². The van der Waals surface area contributed by atoms with Gasteiger partial charge in [0.05, 0.1) is 11.5 Å². The Hall–Kier alpha value is -1.40. The Morgan fingerprint density at radius 2 is 1.76 bits per heavy atom. The maximum Gasteiger partial charge on any atom is 0.321 e. The molecule has 0 bridgehead atoms. The van der Waals surface area contributed by atoms with Crippen molar-refractivity contribution < 1.29 is 17.9 Å². The van der Waals surface area contributed by atoms with Crippen molar-refractivity contribution in [2.45, 2.75) is 45.1 Å². The average Bonchev–Trinajstić information content (AvgIpc) is 2.44. The van der Waals surface area contributed by atoms with Crippen LogP contribution >= 0.6 is 0 Å². The highest BCUT2D eigenvalue weighted by molar-refractivity contribution is 7.89. The van der Waals surface area contributed by atoms with E-state index in [-0.39, 0.29) is 24.1 Å². The zero-order valence-electron chi connectivity index (χ0n) is 13.0. The molecule has 118 valence electrons. The molecule has 0 unspecified atom stereocenters. The third-order valence-electron chi connectivity index (χ3n) is 3.10. The lowest BCUT2D eigenvalue weighted by Gasteiger charge is -2.25. The molecule has 21 heavy (non-hydrogen) atoms. The number of hydrogen-bond donors (Lipinski definition) is 0. The largest absolute Gasteiger partial charge is 0.465 e. The number of aryl methyl sites for hydroxylation is 1. The Bertz CT molecular complexity index is 564. The van der Waals surface area contributed by atoms with E-state index >= 15 is 0 Å². The Morgan fingerprint density at radius 1 is 1.19 bits per heavy atom. The van der Waals surface area contributed by atoms with Gasteiger partial charge in [0.2, 0.25) is 10.0 Å². The SMILES string of the molecule is CCOC(=O)CN(C(C)C)S(=O)(=O)c1ccc(CC)cc1. The van der Waals surface area contributed by atoms with E-state index < -0.39 is 16.0 Å². The number of benzene rings is 1. The molecule has 0 aliphatic heterocycles. The summed E-state index contributed by atoms with van der Waals surface area (Å²) in [6.45, 7) is 7.12. The van der Waals surface area contributed by atoms with Crippen LogP contribution in [0.25, 0.3) is 0 Å². The van der Waals surface area contributed by atoms with Gasteiger partial charge in [0.1, 0.15) is 6.54 Å². The first kappa shape index (κ1) is 17.7. The second-order valence-corrected chi connectivity index (χ2v) is 6.84. The van der Waals surface area contributed by atoms with Crippen molar-refractivity contribution in [2.24, 2.45) is 0 Å². The van der Waals surface area contributed by atoms with Gasteiger partial charge in [-0.2, -0.15) is 4.31 Å². The molecule has 0 radical (unpaired) electrons. The molecule has 0 saturated carbocycles. The standard InChI is InChI=1S/C15H23NO4S/c1-5-13-7-9-14(10-8-13)21(18,19)16(12(3)4)11-15(17)20-6-2/h7-10,12H,5-6,11H2,1-4H3. The second kappa shape index (κ2) is 7.56. The summed E-state index contributed by atoms with van der Waals surface area (Å²) < 4.78 is 31.3. The molecule has 0 aliphatic rings. The molecule has 1 aromatic carbocycles. The molecule has 0 heterocycles. The summed E-state index contributed by atoms with van der Waals surface area (Å²) in [6.07, 6.45) is 0.844. The van der Waals surface area contributed by atoms with Gasteiger partial charge in [-0.3, -0.25) is 4.79 Å². The lowest BCUT2D eigenvalue weighted by Crippen LogP contribution is -2.41. The van der Waals surface area contributed by atoms with Gasteiger partial charge in [-0.05, 0) is 44.9 Å². The number of hydrogen-bond acceptors (Lipinski definition) is 4. The molecule has 5 nitrogen and oxygen atoms in total. The van der Waals surface area contributed by atoms with Gasteiger partial charge >= 0.3 is 5.97 Å². The summed E-state index contributed by atoms with van der Waals surface area (Å²) in [5.41, 5.74) is 1.07. The van der Waals surface area contributed by atoms with Crippen LogP contribution in [0.1, 0.15) is 33.3 Å². The molecular weight excluding hydrogens is 290 g/mol. The predicted octanol–water partition coefficient (Wildman–Crippen LogP) is 2.21. The van der Waals surface area contributed by atoms with Crippen molar-refractivity contribution in [3.8, 4) is 0 Å². The van der Waals surface area contributed by atoms with Crippen LogP contribution in [-0.2, 0) is 26.0 Å².